The van der Waals surface area contributed by atoms with Crippen LogP contribution in [0.1, 0.15) is 89.5 Å². The second-order valence-corrected chi connectivity index (χ2v) is 10.5. The molecule has 7 atom stereocenters. The Hall–Kier alpha value is -0.780. The summed E-state index contributed by atoms with van der Waals surface area (Å²) in [5.41, 5.74) is 2.89. The maximum atomic E-state index is 2.71. The van der Waals surface area contributed by atoms with Crippen LogP contribution in [0.2, 0.25) is 0 Å². The molecule has 4 fully saturated rings. The van der Waals surface area contributed by atoms with Gasteiger partial charge in [-0.15, -0.1) is 0 Å². The van der Waals surface area contributed by atoms with Gasteiger partial charge in [-0.2, -0.15) is 0 Å². The van der Waals surface area contributed by atoms with Gasteiger partial charge in [-0.3, -0.25) is 0 Å². The summed E-state index contributed by atoms with van der Waals surface area (Å²) in [7, 11) is 0. The zero-order valence-corrected chi connectivity index (χ0v) is 16.3. The van der Waals surface area contributed by atoms with Crippen LogP contribution in [0.25, 0.3) is 0 Å². The summed E-state index contributed by atoms with van der Waals surface area (Å²) in [6.45, 7) is 5.38. The third-order valence-corrected chi connectivity index (χ3v) is 9.79. The third-order valence-electron chi connectivity index (χ3n) is 9.79. The van der Waals surface area contributed by atoms with E-state index < -0.39 is 0 Å². The van der Waals surface area contributed by atoms with Crippen molar-refractivity contribution >= 4 is 0 Å². The first kappa shape index (κ1) is 16.4. The second kappa shape index (κ2) is 5.86. The zero-order chi connectivity index (χ0) is 17.1. The largest absolute Gasteiger partial charge is 0.0622 e. The minimum absolute atomic E-state index is 0.570. The fraction of sp³-hybridized carbons (Fsp3) is 0.760. The van der Waals surface area contributed by atoms with Gasteiger partial charge in [0.25, 0.3) is 0 Å². The Labute approximate surface area is 154 Å². The van der Waals surface area contributed by atoms with Gasteiger partial charge >= 0.3 is 0 Å². The van der Waals surface area contributed by atoms with Crippen molar-refractivity contribution in [3.8, 4) is 0 Å². The van der Waals surface area contributed by atoms with Crippen LogP contribution in [0, 0.1) is 34.5 Å². The van der Waals surface area contributed by atoms with Gasteiger partial charge < -0.3 is 0 Å². The topological polar surface area (TPSA) is 0 Å². The van der Waals surface area contributed by atoms with E-state index in [4.69, 9.17) is 0 Å². The van der Waals surface area contributed by atoms with Crippen LogP contribution in [0.4, 0.5) is 0 Å². The average molecular weight is 337 g/mol. The smallest absolute Gasteiger partial charge is 0.0105 e. The Kier molecular flexibility index (Phi) is 3.85. The molecule has 0 bridgehead atoms. The lowest BCUT2D eigenvalue weighted by Gasteiger charge is -2.60. The fourth-order valence-electron chi connectivity index (χ4n) is 8.53. The van der Waals surface area contributed by atoms with Crippen LogP contribution in [0.3, 0.4) is 0 Å². The first-order valence-corrected chi connectivity index (χ1v) is 11.2. The van der Waals surface area contributed by atoms with Crippen LogP contribution in [0.5, 0.6) is 0 Å². The van der Waals surface area contributed by atoms with E-state index in [-0.39, 0.29) is 0 Å². The van der Waals surface area contributed by atoms with E-state index >= 15 is 0 Å². The van der Waals surface area contributed by atoms with Crippen LogP contribution in [-0.2, 0) is 0 Å². The quantitative estimate of drug-likeness (QED) is 0.508. The minimum Gasteiger partial charge on any atom is -0.0622 e. The number of fused-ring (bicyclic) bond motifs is 5. The summed E-state index contributed by atoms with van der Waals surface area (Å²) in [4.78, 5) is 0. The molecule has 1 aromatic rings. The number of rotatable bonds is 1. The monoisotopic (exact) mass is 336 g/mol. The molecule has 2 unspecified atom stereocenters. The predicted octanol–water partition coefficient (Wildman–Crippen LogP) is 7.20. The van der Waals surface area contributed by atoms with Crippen LogP contribution < -0.4 is 0 Å². The lowest BCUT2D eigenvalue weighted by atomic mass is 9.44. The molecule has 0 aliphatic heterocycles. The molecule has 4 aliphatic carbocycles. The Morgan fingerprint density at radius 3 is 2.36 bits per heavy atom. The molecule has 0 saturated heterocycles. The minimum atomic E-state index is 0.570. The molecule has 0 radical (unpaired) electrons. The number of hydrogen-bond donors (Lipinski definition) is 0. The summed E-state index contributed by atoms with van der Waals surface area (Å²) in [6, 6.07) is 11.5. The summed E-state index contributed by atoms with van der Waals surface area (Å²) in [6.07, 6.45) is 15.1. The molecule has 1 aromatic carbocycles. The van der Waals surface area contributed by atoms with Crippen molar-refractivity contribution in [3.63, 3.8) is 0 Å². The van der Waals surface area contributed by atoms with Gasteiger partial charge in [0.2, 0.25) is 0 Å². The second-order valence-electron chi connectivity index (χ2n) is 10.5. The molecule has 4 aliphatic rings. The zero-order valence-electron chi connectivity index (χ0n) is 16.3. The molecule has 0 heterocycles. The van der Waals surface area contributed by atoms with Gasteiger partial charge in [0.15, 0.2) is 0 Å². The van der Waals surface area contributed by atoms with Crippen LogP contribution >= 0.6 is 0 Å². The van der Waals surface area contributed by atoms with E-state index in [0.29, 0.717) is 10.8 Å². The van der Waals surface area contributed by atoms with E-state index in [1.54, 1.807) is 18.4 Å². The standard InChI is InChI=1S/C25H36/c1-24-16-7-6-10-19(24)11-12-20-22-14-13-21(18-8-4-3-5-9-18)25(22,2)17-15-23(20)24/h3-5,8-9,19-23H,6-7,10-17H2,1-2H3/t19?,20-,21?,22-,23+,24-,25+/m0/s1. The van der Waals surface area contributed by atoms with Crippen molar-refractivity contribution in [2.45, 2.75) is 84.0 Å². The molecule has 0 aromatic heterocycles. The molecule has 136 valence electrons. The first-order valence-electron chi connectivity index (χ1n) is 11.2. The van der Waals surface area contributed by atoms with Gasteiger partial charge in [0, 0.05) is 0 Å². The fourth-order valence-corrected chi connectivity index (χ4v) is 8.53. The maximum absolute atomic E-state index is 2.71. The van der Waals surface area contributed by atoms with Crippen molar-refractivity contribution in [2.75, 3.05) is 0 Å². The van der Waals surface area contributed by atoms with Crippen LogP contribution in [0.15, 0.2) is 30.3 Å². The number of hydrogen-bond acceptors (Lipinski definition) is 0. The lowest BCUT2D eigenvalue weighted by Crippen LogP contribution is -2.52. The van der Waals surface area contributed by atoms with Gasteiger partial charge in [0.05, 0.1) is 0 Å². The van der Waals surface area contributed by atoms with Gasteiger partial charge in [0.1, 0.15) is 0 Å². The normalized spacial score (nSPS) is 49.1. The molecule has 0 nitrogen and oxygen atoms in total. The first-order chi connectivity index (χ1) is 12.1. The van der Waals surface area contributed by atoms with Crippen molar-refractivity contribution in [3.05, 3.63) is 35.9 Å². The van der Waals surface area contributed by atoms with E-state index in [2.05, 4.69) is 44.2 Å². The van der Waals surface area contributed by atoms with E-state index in [0.717, 1.165) is 29.6 Å². The molecule has 5 rings (SSSR count). The Morgan fingerprint density at radius 1 is 0.720 bits per heavy atom. The SMILES string of the molecule is C[C@]12CCCCC1CC[C@@H]1[C@H]2CC[C@]2(C)C(c3ccccc3)CC[C@@H]12. The highest BCUT2D eigenvalue weighted by Crippen LogP contribution is 2.68. The molecule has 0 amide bonds. The van der Waals surface area contributed by atoms with Crippen molar-refractivity contribution in [1.29, 1.82) is 0 Å². The Morgan fingerprint density at radius 2 is 1.52 bits per heavy atom. The average Bonchev–Trinajstić information content (AvgIpc) is 2.99. The number of benzene rings is 1. The third kappa shape index (κ3) is 2.31. The van der Waals surface area contributed by atoms with Gasteiger partial charge in [-0.25, -0.2) is 0 Å². The van der Waals surface area contributed by atoms with Crippen molar-refractivity contribution in [1.82, 2.24) is 0 Å². The van der Waals surface area contributed by atoms with Gasteiger partial charge in [-0.1, -0.05) is 57.0 Å². The van der Waals surface area contributed by atoms with E-state index in [9.17, 15) is 0 Å². The van der Waals surface area contributed by atoms with Gasteiger partial charge in [-0.05, 0) is 97.3 Å². The lowest BCUT2D eigenvalue weighted by molar-refractivity contribution is -0.105. The molecule has 0 heteroatoms. The summed E-state index contributed by atoms with van der Waals surface area (Å²) >= 11 is 0. The highest BCUT2D eigenvalue weighted by atomic mass is 14.6. The molecule has 25 heavy (non-hydrogen) atoms. The van der Waals surface area contributed by atoms with Crippen molar-refractivity contribution in [2.24, 2.45) is 34.5 Å². The van der Waals surface area contributed by atoms with E-state index in [1.165, 1.54) is 51.4 Å². The predicted molar refractivity (Wildman–Crippen MR) is 106 cm³/mol. The highest BCUT2D eigenvalue weighted by molar-refractivity contribution is 5.25. The Balaban J connectivity index is 1.45. The highest BCUT2D eigenvalue weighted by Gasteiger charge is 2.59. The molecular formula is C25H36. The summed E-state index contributed by atoms with van der Waals surface area (Å²) in [5, 5.41) is 0. The molecular weight excluding hydrogens is 300 g/mol. The maximum Gasteiger partial charge on any atom is -0.0105 e. The summed E-state index contributed by atoms with van der Waals surface area (Å²) < 4.78 is 0. The molecule has 0 N–H and O–H groups in total. The van der Waals surface area contributed by atoms with Crippen LogP contribution in [-0.4, -0.2) is 0 Å². The van der Waals surface area contributed by atoms with E-state index in [1.807, 2.05) is 0 Å². The van der Waals surface area contributed by atoms with Crippen molar-refractivity contribution < 1.29 is 0 Å². The molecule has 0 spiro atoms. The molecule has 4 saturated carbocycles. The Bertz CT molecular complexity index is 618. The summed E-state index contributed by atoms with van der Waals surface area (Å²) in [5.74, 6) is 4.94.